The Morgan fingerprint density at radius 3 is 2.78 bits per heavy atom. The Bertz CT molecular complexity index is 781. The summed E-state index contributed by atoms with van der Waals surface area (Å²) in [6.45, 7) is 2.04. The molecule has 1 amide bonds. The summed E-state index contributed by atoms with van der Waals surface area (Å²) in [4.78, 5) is 24.3. The third kappa shape index (κ3) is 4.00. The minimum atomic E-state index is -0.0505. The second-order valence-electron chi connectivity index (χ2n) is 5.28. The van der Waals surface area contributed by atoms with Crippen molar-refractivity contribution in [2.75, 3.05) is 5.32 Å². The molecule has 0 bridgehead atoms. The molecular weight excluding hydrogens is 290 g/mol. The van der Waals surface area contributed by atoms with Gasteiger partial charge in [0, 0.05) is 18.8 Å². The maximum absolute atomic E-state index is 12.0. The van der Waals surface area contributed by atoms with Crippen LogP contribution >= 0.6 is 0 Å². The van der Waals surface area contributed by atoms with E-state index in [4.69, 9.17) is 0 Å². The van der Waals surface area contributed by atoms with E-state index in [0.29, 0.717) is 24.5 Å². The lowest BCUT2D eigenvalue weighted by Crippen LogP contribution is -2.13. The quantitative estimate of drug-likeness (QED) is 0.786. The van der Waals surface area contributed by atoms with Crippen LogP contribution in [0.15, 0.2) is 55.4 Å². The number of nitrogens with one attached hydrogen (secondary N) is 1. The number of carbonyl (C=O) groups is 1. The van der Waals surface area contributed by atoms with Gasteiger partial charge in [0.25, 0.3) is 0 Å². The summed E-state index contributed by atoms with van der Waals surface area (Å²) in [5.74, 6) is 0.464. The number of aromatic nitrogens is 4. The fraction of sp³-hybridized carbons (Fsp3) is 0.176. The molecule has 1 aromatic carbocycles. The van der Waals surface area contributed by atoms with Gasteiger partial charge in [0.05, 0.1) is 18.1 Å². The molecule has 1 N–H and O–H groups in total. The Kier molecular flexibility index (Phi) is 4.42. The normalized spacial score (nSPS) is 10.5. The van der Waals surface area contributed by atoms with Crippen molar-refractivity contribution in [2.45, 2.75) is 19.8 Å². The zero-order chi connectivity index (χ0) is 16.1. The molecule has 6 nitrogen and oxygen atoms in total. The third-order valence-electron chi connectivity index (χ3n) is 3.38. The van der Waals surface area contributed by atoms with Gasteiger partial charge in [-0.2, -0.15) is 0 Å². The largest absolute Gasteiger partial charge is 0.323 e. The van der Waals surface area contributed by atoms with E-state index in [-0.39, 0.29) is 5.91 Å². The predicted molar refractivity (Wildman–Crippen MR) is 87.3 cm³/mol. The van der Waals surface area contributed by atoms with Crippen LogP contribution in [0, 0.1) is 6.92 Å². The van der Waals surface area contributed by atoms with Crippen LogP contribution in [0.4, 0.5) is 5.69 Å². The Balaban J connectivity index is 1.55. The van der Waals surface area contributed by atoms with E-state index in [1.54, 1.807) is 35.7 Å². The van der Waals surface area contributed by atoms with Gasteiger partial charge in [0.15, 0.2) is 0 Å². The second-order valence-corrected chi connectivity index (χ2v) is 5.28. The van der Waals surface area contributed by atoms with E-state index in [1.165, 1.54) is 5.56 Å². The number of hydrogen-bond acceptors (Lipinski definition) is 4. The topological polar surface area (TPSA) is 72.7 Å². The van der Waals surface area contributed by atoms with Crippen molar-refractivity contribution in [3.05, 3.63) is 66.5 Å². The molecule has 0 spiro atoms. The number of carbonyl (C=O) groups excluding carboxylic acids is 1. The van der Waals surface area contributed by atoms with Gasteiger partial charge in [-0.15, -0.1) is 0 Å². The third-order valence-corrected chi connectivity index (χ3v) is 3.38. The molecule has 0 radical (unpaired) electrons. The number of benzene rings is 1. The van der Waals surface area contributed by atoms with Crippen LogP contribution in [0.5, 0.6) is 0 Å². The molecule has 0 aliphatic rings. The van der Waals surface area contributed by atoms with Crippen molar-refractivity contribution in [3.63, 3.8) is 0 Å². The van der Waals surface area contributed by atoms with Crippen LogP contribution in [0.25, 0.3) is 5.95 Å². The van der Waals surface area contributed by atoms with Crippen LogP contribution in [0.2, 0.25) is 0 Å². The first-order valence-electron chi connectivity index (χ1n) is 7.36. The molecule has 2 heterocycles. The maximum atomic E-state index is 12.0. The summed E-state index contributed by atoms with van der Waals surface area (Å²) in [5.41, 5.74) is 2.95. The Hall–Kier alpha value is -3.02. The van der Waals surface area contributed by atoms with Gasteiger partial charge in [0.2, 0.25) is 11.9 Å². The van der Waals surface area contributed by atoms with Crippen molar-refractivity contribution in [3.8, 4) is 5.95 Å². The van der Waals surface area contributed by atoms with E-state index in [2.05, 4.69) is 26.3 Å². The predicted octanol–water partition coefficient (Wildman–Crippen LogP) is 2.54. The van der Waals surface area contributed by atoms with Crippen LogP contribution in [-0.2, 0) is 11.2 Å². The minimum Gasteiger partial charge on any atom is -0.323 e. The summed E-state index contributed by atoms with van der Waals surface area (Å²) < 4.78 is 1.70. The monoisotopic (exact) mass is 307 g/mol. The molecule has 116 valence electrons. The lowest BCUT2D eigenvalue weighted by Gasteiger charge is -2.06. The second kappa shape index (κ2) is 6.83. The molecular formula is C17H17N5O. The maximum Gasteiger partial charge on any atom is 0.234 e. The van der Waals surface area contributed by atoms with Gasteiger partial charge in [-0.05, 0) is 18.9 Å². The number of anilines is 1. The SMILES string of the molecule is Cc1cccc(CCC(=O)Nc2cnc(-n3ccnc3)nc2)c1. The number of rotatable bonds is 5. The standard InChI is InChI=1S/C17H17N5O/c1-13-3-2-4-14(9-13)5-6-16(23)21-15-10-19-17(20-11-15)22-8-7-18-12-22/h2-4,7-12H,5-6H2,1H3,(H,21,23). The molecule has 0 saturated carbocycles. The average Bonchev–Trinajstić information content (AvgIpc) is 3.08. The van der Waals surface area contributed by atoms with Gasteiger partial charge in [0.1, 0.15) is 6.33 Å². The number of hydrogen-bond donors (Lipinski definition) is 1. The zero-order valence-corrected chi connectivity index (χ0v) is 12.8. The van der Waals surface area contributed by atoms with Crippen molar-refractivity contribution >= 4 is 11.6 Å². The Morgan fingerprint density at radius 1 is 1.26 bits per heavy atom. The molecule has 6 heteroatoms. The average molecular weight is 307 g/mol. The molecule has 2 aromatic heterocycles. The molecule has 0 aliphatic carbocycles. The first kappa shape index (κ1) is 14.9. The number of imidazole rings is 1. The van der Waals surface area contributed by atoms with Gasteiger partial charge in [-0.3, -0.25) is 9.36 Å². The summed E-state index contributed by atoms with van der Waals surface area (Å²) in [5, 5.41) is 2.81. The van der Waals surface area contributed by atoms with Gasteiger partial charge in [-0.1, -0.05) is 29.8 Å². The molecule has 0 saturated heterocycles. The number of nitrogens with zero attached hydrogens (tertiary/aromatic N) is 4. The van der Waals surface area contributed by atoms with Gasteiger partial charge < -0.3 is 5.32 Å². The number of aryl methyl sites for hydroxylation is 2. The number of amides is 1. The van der Waals surface area contributed by atoms with E-state index < -0.39 is 0 Å². The fourth-order valence-corrected chi connectivity index (χ4v) is 2.25. The molecule has 0 fully saturated rings. The van der Waals surface area contributed by atoms with Crippen molar-refractivity contribution in [2.24, 2.45) is 0 Å². The smallest absolute Gasteiger partial charge is 0.234 e. The molecule has 23 heavy (non-hydrogen) atoms. The Labute approximate surface area is 134 Å². The first-order chi connectivity index (χ1) is 11.2. The van der Waals surface area contributed by atoms with Crippen molar-refractivity contribution in [1.29, 1.82) is 0 Å². The molecule has 0 aliphatic heterocycles. The van der Waals surface area contributed by atoms with Crippen molar-refractivity contribution < 1.29 is 4.79 Å². The Morgan fingerprint density at radius 2 is 2.09 bits per heavy atom. The lowest BCUT2D eigenvalue weighted by atomic mass is 10.1. The van der Waals surface area contributed by atoms with Crippen molar-refractivity contribution in [1.82, 2.24) is 19.5 Å². The molecule has 3 rings (SSSR count). The minimum absolute atomic E-state index is 0.0505. The highest BCUT2D eigenvalue weighted by atomic mass is 16.1. The van der Waals surface area contributed by atoms with E-state index in [0.717, 1.165) is 5.56 Å². The summed E-state index contributed by atoms with van der Waals surface area (Å²) in [7, 11) is 0. The molecule has 0 unspecified atom stereocenters. The van der Waals surface area contributed by atoms with E-state index >= 15 is 0 Å². The van der Waals surface area contributed by atoms with E-state index in [1.807, 2.05) is 25.1 Å². The van der Waals surface area contributed by atoms with Crippen LogP contribution < -0.4 is 5.32 Å². The highest BCUT2D eigenvalue weighted by Crippen LogP contribution is 2.09. The molecule has 3 aromatic rings. The van der Waals surface area contributed by atoms with Crippen LogP contribution in [0.3, 0.4) is 0 Å². The van der Waals surface area contributed by atoms with Crippen LogP contribution in [-0.4, -0.2) is 25.4 Å². The molecule has 0 atom stereocenters. The summed E-state index contributed by atoms with van der Waals surface area (Å²) in [6.07, 6.45) is 9.35. The van der Waals surface area contributed by atoms with E-state index in [9.17, 15) is 4.79 Å². The van der Waals surface area contributed by atoms with Crippen LogP contribution in [0.1, 0.15) is 17.5 Å². The first-order valence-corrected chi connectivity index (χ1v) is 7.36. The summed E-state index contributed by atoms with van der Waals surface area (Å²) >= 11 is 0. The lowest BCUT2D eigenvalue weighted by molar-refractivity contribution is -0.116. The van der Waals surface area contributed by atoms with Gasteiger partial charge in [-0.25, -0.2) is 15.0 Å². The van der Waals surface area contributed by atoms with Gasteiger partial charge >= 0.3 is 0 Å². The highest BCUT2D eigenvalue weighted by molar-refractivity contribution is 5.90. The highest BCUT2D eigenvalue weighted by Gasteiger charge is 2.05. The fourth-order valence-electron chi connectivity index (χ4n) is 2.25. The summed E-state index contributed by atoms with van der Waals surface area (Å²) in [6, 6.07) is 8.17. The zero-order valence-electron chi connectivity index (χ0n) is 12.8.